The Kier molecular flexibility index (Phi) is 5.86. The molecule has 0 atom stereocenters. The first-order valence-corrected chi connectivity index (χ1v) is 6.32. The molecule has 0 radical (unpaired) electrons. The summed E-state index contributed by atoms with van der Waals surface area (Å²) in [6.07, 6.45) is 1.82. The molecule has 0 spiro atoms. The quantitative estimate of drug-likeness (QED) is 0.804. The fraction of sp³-hybridized carbons (Fsp3) is 0.857. The van der Waals surface area contributed by atoms with Crippen molar-refractivity contribution in [2.45, 2.75) is 60.8 Å². The first kappa shape index (κ1) is 16.1. The van der Waals surface area contributed by atoms with Gasteiger partial charge in [-0.15, -0.1) is 0 Å². The Hall–Kier alpha value is -0.860. The van der Waals surface area contributed by atoms with E-state index in [2.05, 4.69) is 26.1 Å². The number of amides is 1. The predicted molar refractivity (Wildman–Crippen MR) is 70.8 cm³/mol. The molecule has 0 unspecified atom stereocenters. The molecule has 0 aliphatic rings. The topological polar surface area (TPSA) is 46.2 Å². The predicted octanol–water partition coefficient (Wildman–Crippen LogP) is 2.93. The van der Waals surface area contributed by atoms with Gasteiger partial charge in [0.15, 0.2) is 0 Å². The molecule has 0 saturated carbocycles. The molecule has 0 fully saturated rings. The molecule has 100 valence electrons. The van der Waals surface area contributed by atoms with Gasteiger partial charge in [-0.1, -0.05) is 41.5 Å². The lowest BCUT2D eigenvalue weighted by Crippen LogP contribution is -2.30. The maximum Gasteiger partial charge on any atom is 0.220 e. The monoisotopic (exact) mass is 241 g/mol. The molecule has 0 heterocycles. The summed E-state index contributed by atoms with van der Waals surface area (Å²) < 4.78 is 0. The van der Waals surface area contributed by atoms with Gasteiger partial charge in [0.2, 0.25) is 5.91 Å². The highest BCUT2D eigenvalue weighted by Crippen LogP contribution is 2.20. The van der Waals surface area contributed by atoms with Gasteiger partial charge in [-0.25, -0.2) is 0 Å². The Morgan fingerprint density at radius 2 is 1.47 bits per heavy atom. The third-order valence-corrected chi connectivity index (χ3v) is 2.61. The van der Waals surface area contributed by atoms with E-state index in [1.165, 1.54) is 0 Å². The van der Waals surface area contributed by atoms with E-state index in [-0.39, 0.29) is 22.5 Å². The average molecular weight is 241 g/mol. The smallest absolute Gasteiger partial charge is 0.220 e. The van der Waals surface area contributed by atoms with Crippen molar-refractivity contribution in [2.75, 3.05) is 6.54 Å². The lowest BCUT2D eigenvalue weighted by Gasteiger charge is -2.18. The van der Waals surface area contributed by atoms with E-state index < -0.39 is 0 Å². The van der Waals surface area contributed by atoms with Gasteiger partial charge in [0.1, 0.15) is 5.78 Å². The molecule has 0 bridgehead atoms. The molecule has 3 heteroatoms. The summed E-state index contributed by atoms with van der Waals surface area (Å²) in [5, 5.41) is 2.80. The second kappa shape index (κ2) is 6.18. The Morgan fingerprint density at radius 1 is 0.941 bits per heavy atom. The van der Waals surface area contributed by atoms with Gasteiger partial charge < -0.3 is 5.32 Å². The van der Waals surface area contributed by atoms with Crippen molar-refractivity contribution in [3.05, 3.63) is 0 Å². The Bertz CT molecular complexity index is 269. The van der Waals surface area contributed by atoms with Crippen LogP contribution in [-0.4, -0.2) is 18.2 Å². The molecule has 0 aromatic carbocycles. The highest BCUT2D eigenvalue weighted by molar-refractivity contribution is 5.84. The number of hydrogen-bond donors (Lipinski definition) is 1. The lowest BCUT2D eigenvalue weighted by atomic mass is 9.89. The summed E-state index contributed by atoms with van der Waals surface area (Å²) in [5.74, 6) is 0.232. The highest BCUT2D eigenvalue weighted by atomic mass is 16.1. The van der Waals surface area contributed by atoms with Crippen LogP contribution in [0.1, 0.15) is 60.8 Å². The van der Waals surface area contributed by atoms with Crippen LogP contribution in [0.5, 0.6) is 0 Å². The normalized spacial score (nSPS) is 12.4. The number of hydrogen-bond acceptors (Lipinski definition) is 2. The van der Waals surface area contributed by atoms with Crippen molar-refractivity contribution in [3.8, 4) is 0 Å². The summed E-state index contributed by atoms with van der Waals surface area (Å²) in [6.45, 7) is 12.5. The first-order chi connectivity index (χ1) is 7.52. The van der Waals surface area contributed by atoms with Gasteiger partial charge in [-0.2, -0.15) is 0 Å². The van der Waals surface area contributed by atoms with E-state index in [0.29, 0.717) is 19.4 Å². The third kappa shape index (κ3) is 8.90. The van der Waals surface area contributed by atoms with Crippen LogP contribution in [0.3, 0.4) is 0 Å². The van der Waals surface area contributed by atoms with Gasteiger partial charge in [-0.3, -0.25) is 9.59 Å². The second-order valence-electron chi connectivity index (χ2n) is 6.83. The van der Waals surface area contributed by atoms with Crippen LogP contribution in [0, 0.1) is 10.8 Å². The van der Waals surface area contributed by atoms with E-state index in [4.69, 9.17) is 0 Å². The zero-order valence-corrected chi connectivity index (χ0v) is 12.1. The SMILES string of the molecule is CC(C)(C)CCC(=O)NCCC(=O)C(C)(C)C. The molecule has 0 saturated heterocycles. The summed E-state index contributed by atoms with van der Waals surface area (Å²) in [5.41, 5.74) is -0.130. The van der Waals surface area contributed by atoms with Crippen LogP contribution >= 0.6 is 0 Å². The number of nitrogens with one attached hydrogen (secondary N) is 1. The molecule has 0 aromatic rings. The Morgan fingerprint density at radius 3 is 1.88 bits per heavy atom. The van der Waals surface area contributed by atoms with Crippen molar-refractivity contribution in [2.24, 2.45) is 10.8 Å². The minimum atomic E-state index is -0.309. The fourth-order valence-corrected chi connectivity index (χ4v) is 1.27. The van der Waals surface area contributed by atoms with E-state index >= 15 is 0 Å². The molecule has 1 N–H and O–H groups in total. The average Bonchev–Trinajstić information content (AvgIpc) is 2.12. The van der Waals surface area contributed by atoms with Crippen molar-refractivity contribution in [3.63, 3.8) is 0 Å². The molecule has 3 nitrogen and oxygen atoms in total. The number of rotatable bonds is 5. The largest absolute Gasteiger partial charge is 0.356 e. The summed E-state index contributed by atoms with van der Waals surface area (Å²) >= 11 is 0. The van der Waals surface area contributed by atoms with Crippen LogP contribution in [-0.2, 0) is 9.59 Å². The summed E-state index contributed by atoms with van der Waals surface area (Å²) in [4.78, 5) is 23.1. The number of Topliss-reactive ketones (excluding diaryl/α,β-unsaturated/α-hetero) is 1. The Labute approximate surface area is 105 Å². The molecular formula is C14H27NO2. The van der Waals surface area contributed by atoms with Gasteiger partial charge in [0, 0.05) is 24.8 Å². The first-order valence-electron chi connectivity index (χ1n) is 6.32. The minimum absolute atomic E-state index is 0.0432. The molecule has 17 heavy (non-hydrogen) atoms. The van der Waals surface area contributed by atoms with Crippen LogP contribution in [0.4, 0.5) is 0 Å². The molecule has 0 rings (SSSR count). The van der Waals surface area contributed by atoms with Crippen LogP contribution in [0.15, 0.2) is 0 Å². The zero-order valence-electron chi connectivity index (χ0n) is 12.1. The molecule has 0 aromatic heterocycles. The highest BCUT2D eigenvalue weighted by Gasteiger charge is 2.20. The van der Waals surface area contributed by atoms with Crippen LogP contribution in [0.2, 0.25) is 0 Å². The number of ketones is 1. The van der Waals surface area contributed by atoms with Gasteiger partial charge in [0.25, 0.3) is 0 Å². The number of carbonyl (C=O) groups is 2. The van der Waals surface area contributed by atoms with E-state index in [1.54, 1.807) is 0 Å². The van der Waals surface area contributed by atoms with Crippen molar-refractivity contribution in [1.82, 2.24) is 5.32 Å². The van der Waals surface area contributed by atoms with E-state index in [9.17, 15) is 9.59 Å². The Balaban J connectivity index is 3.77. The van der Waals surface area contributed by atoms with Crippen molar-refractivity contribution in [1.29, 1.82) is 0 Å². The molecule has 1 amide bonds. The zero-order chi connectivity index (χ0) is 13.7. The van der Waals surface area contributed by atoms with Gasteiger partial charge in [-0.05, 0) is 11.8 Å². The van der Waals surface area contributed by atoms with Crippen LogP contribution in [0.25, 0.3) is 0 Å². The van der Waals surface area contributed by atoms with E-state index in [0.717, 1.165) is 6.42 Å². The summed E-state index contributed by atoms with van der Waals surface area (Å²) in [6, 6.07) is 0. The standard InChI is InChI=1S/C14H27NO2/c1-13(2,3)9-7-12(17)15-10-8-11(16)14(4,5)6/h7-10H2,1-6H3,(H,15,17). The lowest BCUT2D eigenvalue weighted by molar-refractivity contribution is -0.126. The maximum atomic E-state index is 11.6. The third-order valence-electron chi connectivity index (χ3n) is 2.61. The minimum Gasteiger partial charge on any atom is -0.356 e. The van der Waals surface area contributed by atoms with Gasteiger partial charge in [0.05, 0.1) is 0 Å². The maximum absolute atomic E-state index is 11.6. The molecule has 0 aliphatic heterocycles. The second-order valence-corrected chi connectivity index (χ2v) is 6.83. The van der Waals surface area contributed by atoms with Crippen molar-refractivity contribution < 1.29 is 9.59 Å². The van der Waals surface area contributed by atoms with Gasteiger partial charge >= 0.3 is 0 Å². The van der Waals surface area contributed by atoms with Crippen LogP contribution < -0.4 is 5.32 Å². The van der Waals surface area contributed by atoms with E-state index in [1.807, 2.05) is 20.8 Å². The number of carbonyl (C=O) groups excluding carboxylic acids is 2. The molecule has 0 aliphatic carbocycles. The molecular weight excluding hydrogens is 214 g/mol. The summed E-state index contributed by atoms with van der Waals surface area (Å²) in [7, 11) is 0. The fourth-order valence-electron chi connectivity index (χ4n) is 1.27. The van der Waals surface area contributed by atoms with Crippen molar-refractivity contribution >= 4 is 11.7 Å².